The first-order chi connectivity index (χ1) is 35.0. The Bertz CT molecular complexity index is 1320. The predicted molar refractivity (Wildman–Crippen MR) is 307 cm³/mol. The topological polar surface area (TPSA) is 78.9 Å². The van der Waals surface area contributed by atoms with Crippen molar-refractivity contribution < 1.29 is 28.6 Å². The van der Waals surface area contributed by atoms with Crippen LogP contribution in [0.4, 0.5) is 0 Å². The van der Waals surface area contributed by atoms with Crippen LogP contribution in [0.15, 0.2) is 72.9 Å². The van der Waals surface area contributed by atoms with Gasteiger partial charge in [0.2, 0.25) is 0 Å². The van der Waals surface area contributed by atoms with E-state index in [9.17, 15) is 14.4 Å². The van der Waals surface area contributed by atoms with E-state index in [-0.39, 0.29) is 31.1 Å². The number of hydrogen-bond donors (Lipinski definition) is 0. The minimum atomic E-state index is -0.771. The van der Waals surface area contributed by atoms with Gasteiger partial charge in [-0.15, -0.1) is 0 Å². The zero-order valence-corrected chi connectivity index (χ0v) is 47.0. The summed E-state index contributed by atoms with van der Waals surface area (Å²) in [6.07, 6.45) is 76.4. The van der Waals surface area contributed by atoms with Crippen LogP contribution < -0.4 is 0 Å². The Morgan fingerprint density at radius 3 is 0.859 bits per heavy atom. The van der Waals surface area contributed by atoms with E-state index < -0.39 is 6.10 Å². The molecule has 0 radical (unpaired) electrons. The standard InChI is InChI=1S/C65H114O6/c1-4-7-10-13-16-18-20-22-24-26-27-28-29-30-31-32-33-34-35-36-37-39-40-42-44-46-49-52-55-58-64(67)70-61-62(60-69-63(66)57-54-51-48-15-12-9-6-3)71-65(68)59-56-53-50-47-45-43-41-38-25-23-21-19-17-14-11-8-5-2/h7,10,16,18,22,24,27-28,30-31,33-34,62H,4-6,8-9,11-15,17,19-21,23,25-26,29,32,35-61H2,1-3H3/b10-7-,18-16-,24-22-,28-27-,31-30-,34-33-. The second-order valence-electron chi connectivity index (χ2n) is 20.2. The first kappa shape index (κ1) is 67.8. The number of unbranched alkanes of at least 4 members (excludes halogenated alkanes) is 32. The molecule has 0 N–H and O–H groups in total. The molecule has 0 aromatic rings. The summed E-state index contributed by atoms with van der Waals surface area (Å²) < 4.78 is 16.8. The zero-order chi connectivity index (χ0) is 51.4. The van der Waals surface area contributed by atoms with Gasteiger partial charge in [0, 0.05) is 19.3 Å². The summed E-state index contributed by atoms with van der Waals surface area (Å²) in [5.74, 6) is -0.871. The lowest BCUT2D eigenvalue weighted by molar-refractivity contribution is -0.167. The quantitative estimate of drug-likeness (QED) is 0.0261. The molecule has 0 aliphatic heterocycles. The molecule has 6 heteroatoms. The molecule has 0 saturated carbocycles. The van der Waals surface area contributed by atoms with E-state index in [1.807, 2.05) is 0 Å². The van der Waals surface area contributed by atoms with Crippen LogP contribution in [0.2, 0.25) is 0 Å². The normalized spacial score (nSPS) is 12.5. The Balaban J connectivity index is 4.12. The minimum Gasteiger partial charge on any atom is -0.462 e. The van der Waals surface area contributed by atoms with Gasteiger partial charge in [-0.05, 0) is 70.6 Å². The Morgan fingerprint density at radius 2 is 0.549 bits per heavy atom. The molecule has 0 heterocycles. The van der Waals surface area contributed by atoms with E-state index in [1.165, 1.54) is 167 Å². The van der Waals surface area contributed by atoms with Crippen molar-refractivity contribution in [3.63, 3.8) is 0 Å². The molecule has 0 aromatic carbocycles. The lowest BCUT2D eigenvalue weighted by atomic mass is 10.0. The second-order valence-corrected chi connectivity index (χ2v) is 20.2. The van der Waals surface area contributed by atoms with Crippen LogP contribution in [0.25, 0.3) is 0 Å². The van der Waals surface area contributed by atoms with Crippen LogP contribution in [0.5, 0.6) is 0 Å². The maximum Gasteiger partial charge on any atom is 0.306 e. The number of carbonyl (C=O) groups is 3. The number of esters is 3. The third-order valence-corrected chi connectivity index (χ3v) is 13.2. The zero-order valence-electron chi connectivity index (χ0n) is 47.0. The molecule has 71 heavy (non-hydrogen) atoms. The summed E-state index contributed by atoms with van der Waals surface area (Å²) in [7, 11) is 0. The largest absolute Gasteiger partial charge is 0.462 e. The van der Waals surface area contributed by atoms with E-state index in [2.05, 4.69) is 93.7 Å². The minimum absolute atomic E-state index is 0.0725. The lowest BCUT2D eigenvalue weighted by Crippen LogP contribution is -2.30. The monoisotopic (exact) mass is 991 g/mol. The molecule has 1 atom stereocenters. The maximum absolute atomic E-state index is 12.8. The van der Waals surface area contributed by atoms with Crippen LogP contribution in [0.3, 0.4) is 0 Å². The first-order valence-corrected chi connectivity index (χ1v) is 30.4. The predicted octanol–water partition coefficient (Wildman–Crippen LogP) is 20.5. The highest BCUT2D eigenvalue weighted by atomic mass is 16.6. The van der Waals surface area contributed by atoms with Gasteiger partial charge < -0.3 is 14.2 Å². The molecule has 1 unspecified atom stereocenters. The Hall–Kier alpha value is -3.15. The van der Waals surface area contributed by atoms with Crippen LogP contribution >= 0.6 is 0 Å². The van der Waals surface area contributed by atoms with Gasteiger partial charge in [-0.3, -0.25) is 14.4 Å². The number of allylic oxidation sites excluding steroid dienone is 12. The second kappa shape index (κ2) is 59.4. The van der Waals surface area contributed by atoms with Crippen molar-refractivity contribution >= 4 is 17.9 Å². The lowest BCUT2D eigenvalue weighted by Gasteiger charge is -2.18. The molecule has 0 aromatic heterocycles. The Labute approximate surface area is 440 Å². The number of hydrogen-bond acceptors (Lipinski definition) is 6. The van der Waals surface area contributed by atoms with Gasteiger partial charge >= 0.3 is 17.9 Å². The van der Waals surface area contributed by atoms with Crippen LogP contribution in [-0.2, 0) is 28.6 Å². The summed E-state index contributed by atoms with van der Waals surface area (Å²) in [6.45, 7) is 6.51. The maximum atomic E-state index is 12.8. The molecule has 0 saturated heterocycles. The van der Waals surface area contributed by atoms with E-state index in [4.69, 9.17) is 14.2 Å². The van der Waals surface area contributed by atoms with Crippen molar-refractivity contribution in [2.24, 2.45) is 0 Å². The van der Waals surface area contributed by atoms with E-state index in [0.29, 0.717) is 19.3 Å². The molecule has 0 aliphatic rings. The molecule has 0 amide bonds. The fraction of sp³-hybridized carbons (Fsp3) is 0.769. The van der Waals surface area contributed by atoms with Crippen molar-refractivity contribution in [2.45, 2.75) is 309 Å². The average molecular weight is 992 g/mol. The molecular weight excluding hydrogens is 877 g/mol. The Kier molecular flexibility index (Phi) is 56.8. The van der Waals surface area contributed by atoms with E-state index in [0.717, 1.165) is 96.3 Å². The van der Waals surface area contributed by atoms with Gasteiger partial charge in [0.1, 0.15) is 13.2 Å². The third-order valence-electron chi connectivity index (χ3n) is 13.2. The first-order valence-electron chi connectivity index (χ1n) is 30.4. The van der Waals surface area contributed by atoms with Gasteiger partial charge in [-0.25, -0.2) is 0 Å². The molecule has 0 spiro atoms. The van der Waals surface area contributed by atoms with E-state index >= 15 is 0 Å². The number of rotatable bonds is 55. The summed E-state index contributed by atoms with van der Waals surface area (Å²) >= 11 is 0. The molecular formula is C65H114O6. The fourth-order valence-electron chi connectivity index (χ4n) is 8.68. The molecule has 410 valence electrons. The SMILES string of the molecule is CC/C=C\C/C=C\C/C=C\C/C=C\C/C=C\C/C=C\CCCCCCCCCCCCC(=O)OCC(COC(=O)CCCCCCCCC)OC(=O)CCCCCCCCCCCCCCCCCCC. The molecule has 0 rings (SSSR count). The van der Waals surface area contributed by atoms with Crippen molar-refractivity contribution in [2.75, 3.05) is 13.2 Å². The van der Waals surface area contributed by atoms with Crippen molar-refractivity contribution in [3.8, 4) is 0 Å². The van der Waals surface area contributed by atoms with Crippen LogP contribution in [0.1, 0.15) is 303 Å². The molecule has 0 aliphatic carbocycles. The molecule has 0 fully saturated rings. The van der Waals surface area contributed by atoms with Crippen LogP contribution in [0, 0.1) is 0 Å². The molecule has 0 bridgehead atoms. The number of ether oxygens (including phenoxy) is 3. The van der Waals surface area contributed by atoms with Gasteiger partial charge in [0.25, 0.3) is 0 Å². The smallest absolute Gasteiger partial charge is 0.306 e. The van der Waals surface area contributed by atoms with Crippen molar-refractivity contribution in [3.05, 3.63) is 72.9 Å². The Morgan fingerprint density at radius 1 is 0.296 bits per heavy atom. The highest BCUT2D eigenvalue weighted by molar-refractivity contribution is 5.71. The summed E-state index contributed by atoms with van der Waals surface area (Å²) in [5.41, 5.74) is 0. The van der Waals surface area contributed by atoms with Gasteiger partial charge in [0.05, 0.1) is 0 Å². The van der Waals surface area contributed by atoms with Crippen LogP contribution in [-0.4, -0.2) is 37.2 Å². The average Bonchev–Trinajstić information content (AvgIpc) is 3.37. The summed E-state index contributed by atoms with van der Waals surface area (Å²) in [5, 5.41) is 0. The fourth-order valence-corrected chi connectivity index (χ4v) is 8.68. The summed E-state index contributed by atoms with van der Waals surface area (Å²) in [6, 6.07) is 0. The highest BCUT2D eigenvalue weighted by Gasteiger charge is 2.19. The van der Waals surface area contributed by atoms with E-state index in [1.54, 1.807) is 0 Å². The van der Waals surface area contributed by atoms with Crippen molar-refractivity contribution in [1.82, 2.24) is 0 Å². The van der Waals surface area contributed by atoms with Crippen molar-refractivity contribution in [1.29, 1.82) is 0 Å². The third kappa shape index (κ3) is 57.6. The van der Waals surface area contributed by atoms with Gasteiger partial charge in [-0.2, -0.15) is 0 Å². The van der Waals surface area contributed by atoms with Gasteiger partial charge in [0.15, 0.2) is 6.10 Å². The molecule has 6 nitrogen and oxygen atoms in total. The highest BCUT2D eigenvalue weighted by Crippen LogP contribution is 2.17. The van der Waals surface area contributed by atoms with Gasteiger partial charge in [-0.1, -0.05) is 286 Å². The number of carbonyl (C=O) groups excluding carboxylic acids is 3. The summed E-state index contributed by atoms with van der Waals surface area (Å²) in [4.78, 5) is 38.0.